The van der Waals surface area contributed by atoms with E-state index in [1.54, 1.807) is 61.7 Å². The monoisotopic (exact) mass is 1920 g/mol. The second-order valence-corrected chi connectivity index (χ2v) is 35.9. The summed E-state index contributed by atoms with van der Waals surface area (Å²) in [5, 5.41) is 77.2. The van der Waals surface area contributed by atoms with Gasteiger partial charge in [0.2, 0.25) is 105 Å². The number of aromatic nitrogens is 7. The number of imidazole rings is 1. The summed E-state index contributed by atoms with van der Waals surface area (Å²) in [7, 11) is -4.12. The van der Waals surface area contributed by atoms with Crippen LogP contribution in [-0.4, -0.2) is 277 Å². The van der Waals surface area contributed by atoms with Crippen LogP contribution in [0.1, 0.15) is 216 Å². The Hall–Kier alpha value is -13.1. The Morgan fingerprint density at radius 2 is 1.23 bits per heavy atom. The van der Waals surface area contributed by atoms with Crippen LogP contribution in [0.15, 0.2) is 73.3 Å². The zero-order valence-corrected chi connectivity index (χ0v) is 77.7. The summed E-state index contributed by atoms with van der Waals surface area (Å²) in [6.45, 7) is -1.27. The number of sulfonamides is 1. The maximum absolute atomic E-state index is 15.3. The molecule has 0 aliphatic carbocycles. The molecule has 12 atom stereocenters. The van der Waals surface area contributed by atoms with Crippen LogP contribution in [0.5, 0.6) is 0 Å². The minimum atomic E-state index is -4.12. The normalized spacial score (nSPS) is 18.9. The van der Waals surface area contributed by atoms with Crippen molar-refractivity contribution in [3.8, 4) is 0 Å². The number of carbonyl (C=O) groups excluding carboxylic acids is 16. The van der Waals surface area contributed by atoms with E-state index in [0.717, 1.165) is 68.5 Å². The molecule has 748 valence electrons. The van der Waals surface area contributed by atoms with Gasteiger partial charge in [0.05, 0.1) is 37.0 Å². The summed E-state index contributed by atoms with van der Waals surface area (Å²) in [4.78, 5) is 236. The van der Waals surface area contributed by atoms with Gasteiger partial charge in [-0.25, -0.2) is 18.5 Å². The van der Waals surface area contributed by atoms with Crippen LogP contribution in [0.4, 0.5) is 0 Å². The first kappa shape index (κ1) is 110. The van der Waals surface area contributed by atoms with Crippen molar-refractivity contribution in [1.82, 2.24) is 114 Å². The maximum Gasteiger partial charge on any atom is 0.245 e. The van der Waals surface area contributed by atoms with E-state index in [2.05, 4.69) is 105 Å². The summed E-state index contributed by atoms with van der Waals surface area (Å²) in [5.74, 6) is -15.3. The van der Waals surface area contributed by atoms with E-state index in [1.807, 2.05) is 10.8 Å². The number of nitrogens with one attached hydrogen (secondary N) is 18. The molecular formula is C88H135N27O20S. The molecule has 0 radical (unpaired) electrons. The van der Waals surface area contributed by atoms with E-state index in [9.17, 15) is 81.0 Å². The highest BCUT2D eigenvalue weighted by molar-refractivity contribution is 7.90. The number of nitrogens with two attached hydrogens (primary N) is 4. The molecule has 0 spiro atoms. The third kappa shape index (κ3) is 39.8. The Morgan fingerprint density at radius 1 is 0.618 bits per heavy atom. The first-order valence-corrected chi connectivity index (χ1v) is 48.2. The summed E-state index contributed by atoms with van der Waals surface area (Å²) < 4.78 is 27.5. The quantitative estimate of drug-likeness (QED) is 0.0102. The third-order valence-corrected chi connectivity index (χ3v) is 24.5. The molecular weight excluding hydrogens is 1790 g/mol. The molecule has 0 bridgehead atoms. The highest BCUT2D eigenvalue weighted by Gasteiger charge is 2.44. The molecule has 136 heavy (non-hydrogen) atoms. The van der Waals surface area contributed by atoms with Crippen molar-refractivity contribution in [2.75, 3.05) is 45.1 Å². The zero-order valence-electron chi connectivity index (χ0n) is 76.8. The standard InChI is InChI=1S/C88H135N27O20S/c1-2-3-29-61(78(124)105-64-37-39-74(120)95-40-23-22-31-60(77(91)123)101-82(128)66(44-55-48-97-59-30-21-20-28-58(55)59)106-79(125)62(32-24-41-96-88(92)93)102-81(127)65(43-54-26-16-15-17-27-54)108-86(132)70-46-57(117)51-115(70)87(64)133)103-84(130)68(47-89)109-83(129)67(45-56-49-94-53-99-56)107-80(126)63(36-38-71(90)118)104-85(131)69(52-116)100-76(122)50-98-73(119)35-25-42-136(134,135)112-75(121)34-19-14-12-10-8-6-4-5-7-9-11-13-18-33-72-110-113-114-111-72/h15-17,20-21,26-28,30,48-49,53,57,60-70,97,116-117H,2-14,18-19,22-25,29,31-47,50-52,89H2,1H3,(H2,90,118)(H2,91,123)(H,94,99)(H,95,120)(H,98,119)(H,100,122)(H,101,128)(H,102,127)(H,103,130)(H,104,131)(H,105,124)(H,106,125)(H,107,126)(H,108,132)(H,109,129)(H,112,121)(H4,92,93,96)(H,110,111,113,114)/t57-,60+,61+,62+,63+,64+,65-,66+,67+,68+,69+,70+/m1/s1. The van der Waals surface area contributed by atoms with E-state index in [0.29, 0.717) is 34.9 Å². The number of tetrazole rings is 1. The molecule has 0 unspecified atom stereocenters. The molecule has 2 fully saturated rings. The second kappa shape index (κ2) is 58.9. The minimum Gasteiger partial charge on any atom is -0.394 e. The molecule has 16 amide bonds. The highest BCUT2D eigenvalue weighted by Crippen LogP contribution is 2.24. The summed E-state index contributed by atoms with van der Waals surface area (Å²) in [5.41, 5.74) is 25.1. The topological polar surface area (TPSA) is 746 Å². The van der Waals surface area contributed by atoms with Gasteiger partial charge < -0.3 is 117 Å². The molecule has 2 aliphatic heterocycles. The number of fused-ring (bicyclic) bond motifs is 2. The SMILES string of the molecule is CCCC[C@H](NC(=O)[C@H](CN)NC(=O)[C@H](Cc1c[nH]cn1)NC(=O)[C@H](CCC(N)=O)NC(=O)[C@H](CO)NC(=O)CNC(=O)CCCS(=O)(=O)NC(=O)CCCCCCCCCCCCCCCc1nnn[nH]1)C(=O)N[C@H]1CCC(=O)NCCCC[C@@H](C(N)=O)NC(=O)[C@H](Cc2c[nH]c3ccccc23)NC(=O)[C@H](CCCNC(=N)N)NC(=O)[C@@H](Cc2ccccc2)NC(=O)[C@@H]2C[C@@H](O)CN2C1=O. The molecule has 5 heterocycles. The van der Waals surface area contributed by atoms with Crippen LogP contribution in [0.3, 0.4) is 0 Å². The van der Waals surface area contributed by atoms with Crippen molar-refractivity contribution >= 4 is 121 Å². The highest BCUT2D eigenvalue weighted by atomic mass is 32.2. The van der Waals surface area contributed by atoms with Crippen LogP contribution in [0.25, 0.3) is 10.9 Å². The fraction of sp³-hybridized carbons (Fsp3) is 0.602. The van der Waals surface area contributed by atoms with Gasteiger partial charge in [-0.1, -0.05) is 139 Å². The van der Waals surface area contributed by atoms with Crippen molar-refractivity contribution in [3.05, 3.63) is 96.0 Å². The number of amides is 16. The fourth-order valence-electron chi connectivity index (χ4n) is 15.6. The van der Waals surface area contributed by atoms with E-state index >= 15 is 14.4 Å². The van der Waals surface area contributed by atoms with Gasteiger partial charge in [-0.15, -0.1) is 5.10 Å². The van der Waals surface area contributed by atoms with Gasteiger partial charge in [-0.3, -0.25) is 86.8 Å². The lowest BCUT2D eigenvalue weighted by Gasteiger charge is -2.31. The Labute approximate surface area is 788 Å². The van der Waals surface area contributed by atoms with Gasteiger partial charge in [0.15, 0.2) is 5.96 Å². The van der Waals surface area contributed by atoms with Gasteiger partial charge in [-0.2, -0.15) is 0 Å². The molecule has 2 aromatic carbocycles. The van der Waals surface area contributed by atoms with Crippen molar-refractivity contribution in [3.63, 3.8) is 0 Å². The molecule has 47 nitrogen and oxygen atoms in total. The summed E-state index contributed by atoms with van der Waals surface area (Å²) in [6, 6.07) is -2.00. The first-order chi connectivity index (χ1) is 65.2. The number of benzene rings is 2. The molecule has 5 aromatic rings. The van der Waals surface area contributed by atoms with Gasteiger partial charge in [0.1, 0.15) is 72.3 Å². The largest absolute Gasteiger partial charge is 0.394 e. The van der Waals surface area contributed by atoms with Gasteiger partial charge in [0.25, 0.3) is 0 Å². The molecule has 48 heteroatoms. The fourth-order valence-corrected chi connectivity index (χ4v) is 16.7. The smallest absolute Gasteiger partial charge is 0.245 e. The minimum absolute atomic E-state index is 0.00131. The Kier molecular flexibility index (Phi) is 47.6. The number of aromatic amines is 3. The van der Waals surface area contributed by atoms with Gasteiger partial charge >= 0.3 is 0 Å². The molecule has 7 rings (SSSR count). The predicted molar refractivity (Wildman–Crippen MR) is 495 cm³/mol. The number of carbonyl (C=O) groups is 16. The number of hydrogen-bond acceptors (Lipinski definition) is 26. The number of rotatable bonds is 53. The number of aliphatic hydroxyl groups excluding tert-OH is 2. The van der Waals surface area contributed by atoms with E-state index in [1.165, 1.54) is 38.2 Å². The average molecular weight is 1920 g/mol. The molecule has 2 aliphatic rings. The summed E-state index contributed by atoms with van der Waals surface area (Å²) >= 11 is 0. The number of guanidine groups is 1. The predicted octanol–water partition coefficient (Wildman–Crippen LogP) is -3.48. The van der Waals surface area contributed by atoms with Gasteiger partial charge in [-0.05, 0) is 98.2 Å². The van der Waals surface area contributed by atoms with Crippen LogP contribution >= 0.6 is 0 Å². The number of H-pyrrole nitrogens is 3. The third-order valence-electron chi connectivity index (χ3n) is 23.1. The van der Waals surface area contributed by atoms with Gasteiger partial charge in [0, 0.05) is 107 Å². The lowest BCUT2D eigenvalue weighted by atomic mass is 10.0. The number of unbranched alkanes of at least 4 members (excludes halogenated alkanes) is 13. The number of para-hydroxylation sites is 1. The lowest BCUT2D eigenvalue weighted by molar-refractivity contribution is -0.143. The zero-order chi connectivity index (χ0) is 98.9. The Morgan fingerprint density at radius 3 is 1.88 bits per heavy atom. The van der Waals surface area contributed by atoms with E-state index < -0.39 is 254 Å². The van der Waals surface area contributed by atoms with Crippen LogP contribution in [0.2, 0.25) is 0 Å². The van der Waals surface area contributed by atoms with Crippen LogP contribution in [-0.2, 0) is 112 Å². The number of nitrogens with zero attached hydrogens (tertiary/aromatic N) is 5. The van der Waals surface area contributed by atoms with Crippen LogP contribution in [0, 0.1) is 5.41 Å². The number of primary amides is 2. The maximum atomic E-state index is 15.3. The number of aryl methyl sites for hydroxylation is 1. The lowest BCUT2D eigenvalue weighted by Crippen LogP contribution is -2.62. The van der Waals surface area contributed by atoms with Crippen molar-refractivity contribution in [1.29, 1.82) is 5.41 Å². The first-order valence-electron chi connectivity index (χ1n) is 46.6. The Balaban J connectivity index is 0.981. The van der Waals surface area contributed by atoms with Crippen LogP contribution < -0.4 is 96.8 Å². The average Bonchev–Trinajstić information content (AvgIpc) is 1.66. The molecule has 2 saturated heterocycles. The van der Waals surface area contributed by atoms with E-state index in [-0.39, 0.29) is 95.4 Å². The number of aliphatic hydroxyl groups is 2. The molecule has 0 saturated carbocycles. The molecule has 3 aromatic heterocycles. The Bertz CT molecular complexity index is 4860. The summed E-state index contributed by atoms with van der Waals surface area (Å²) in [6.07, 6.45) is 14.1. The number of hydrogen-bond donors (Lipinski definition) is 24. The second-order valence-electron chi connectivity index (χ2n) is 34.1. The van der Waals surface area contributed by atoms with Crippen molar-refractivity contribution in [2.24, 2.45) is 22.9 Å². The van der Waals surface area contributed by atoms with Crippen molar-refractivity contribution < 1.29 is 95.3 Å². The van der Waals surface area contributed by atoms with E-state index in [4.69, 9.17) is 28.3 Å². The van der Waals surface area contributed by atoms with Crippen molar-refractivity contribution in [2.45, 2.75) is 291 Å². The molecule has 28 N–H and O–H groups in total.